The zero-order valence-electron chi connectivity index (χ0n) is 34.8. The summed E-state index contributed by atoms with van der Waals surface area (Å²) in [4.78, 5) is 26.3. The van der Waals surface area contributed by atoms with Crippen LogP contribution in [0.15, 0.2) is 212 Å². The van der Waals surface area contributed by atoms with Crippen molar-refractivity contribution in [2.45, 2.75) is 0 Å². The number of para-hydroxylation sites is 4. The van der Waals surface area contributed by atoms with Crippen LogP contribution >= 0.6 is 0 Å². The molecule has 5 heterocycles. The van der Waals surface area contributed by atoms with Crippen LogP contribution in [0.2, 0.25) is 0 Å². The number of rotatable bonds is 3. The molecule has 0 unspecified atom stereocenters. The van der Waals surface area contributed by atoms with Crippen LogP contribution < -0.4 is 9.97 Å². The van der Waals surface area contributed by atoms with Crippen LogP contribution in [0.4, 0.5) is 0 Å². The van der Waals surface area contributed by atoms with Gasteiger partial charge in [0.2, 0.25) is 11.9 Å². The maximum absolute atomic E-state index is 5.35. The van der Waals surface area contributed by atoms with Gasteiger partial charge >= 0.3 is 41.7 Å². The second-order valence-electron chi connectivity index (χ2n) is 15.5. The average molecular weight is 958 g/mol. The molecule has 5 aromatic heterocycles. The van der Waals surface area contributed by atoms with E-state index in [0.29, 0.717) is 17.7 Å². The van der Waals surface area contributed by atoms with Crippen LogP contribution in [0.1, 0.15) is 0 Å². The largest absolute Gasteiger partial charge is 4.00 e. The summed E-state index contributed by atoms with van der Waals surface area (Å²) in [6, 6.07) is 77.5. The zero-order chi connectivity index (χ0) is 42.4. The Morgan fingerprint density at radius 1 is 0.338 bits per heavy atom. The summed E-state index contributed by atoms with van der Waals surface area (Å²) in [5.74, 6) is 1.67. The Morgan fingerprint density at radius 3 is 1.18 bits per heavy atom. The zero-order valence-corrected chi connectivity index (χ0v) is 38.0. The fourth-order valence-corrected chi connectivity index (χ4v) is 8.97. The number of nitrogens with zero attached hydrogens (tertiary/aromatic N) is 7. The molecule has 302 valence electrons. The van der Waals surface area contributed by atoms with Crippen LogP contribution in [-0.4, -0.2) is 24.1 Å². The predicted molar refractivity (Wildman–Crippen MR) is 261 cm³/mol. The third-order valence-electron chi connectivity index (χ3n) is 11.7. The van der Waals surface area contributed by atoms with Gasteiger partial charge in [0.1, 0.15) is 0 Å². The monoisotopic (exact) mass is 957 g/mol. The molecule has 0 atom stereocenters. The molecule has 8 heteroatoms. The fraction of sp³-hybridized carbons (Fsp3) is 0. The molecule has 9 aromatic carbocycles. The van der Waals surface area contributed by atoms with Gasteiger partial charge in [-0.25, -0.2) is 0 Å². The summed E-state index contributed by atoms with van der Waals surface area (Å²) in [7, 11) is 0. The molecule has 7 nitrogen and oxygen atoms in total. The fourth-order valence-electron chi connectivity index (χ4n) is 8.97. The molecule has 0 saturated heterocycles. The minimum atomic E-state index is 0. The Hall–Kier alpha value is -7.43. The Bertz CT molecular complexity index is 3700. The maximum Gasteiger partial charge on any atom is 4.00 e. The van der Waals surface area contributed by atoms with Crippen molar-refractivity contribution in [2.24, 2.45) is 0 Å². The van der Waals surface area contributed by atoms with E-state index in [-0.39, 0.29) is 41.7 Å². The van der Waals surface area contributed by atoms with E-state index in [4.69, 9.17) is 24.9 Å². The molecular weight excluding hydrogens is 923 g/mol. The Morgan fingerprint density at radius 2 is 0.738 bits per heavy atom. The van der Waals surface area contributed by atoms with E-state index in [1.807, 2.05) is 103 Å². The molecule has 0 aliphatic heterocycles. The van der Waals surface area contributed by atoms with Gasteiger partial charge in [-0.2, -0.15) is 87.7 Å². The first-order valence-electron chi connectivity index (χ1n) is 21.2. The van der Waals surface area contributed by atoms with Crippen molar-refractivity contribution in [3.63, 3.8) is 0 Å². The van der Waals surface area contributed by atoms with Gasteiger partial charge in [0, 0.05) is 16.3 Å². The van der Waals surface area contributed by atoms with E-state index in [0.717, 1.165) is 92.8 Å². The van der Waals surface area contributed by atoms with Crippen LogP contribution in [0.5, 0.6) is 0 Å². The second kappa shape index (κ2) is 17.3. The number of aromatic nitrogens is 7. The quantitative estimate of drug-likeness (QED) is 0.165. The number of hydrogen-bond acceptors (Lipinski definition) is 3. The standard InChI is InChI=1S/C45H25N7.2C6H5.Ce/c1-2-12-26(13-3-1)43-48-44(51-35-20-10-6-16-29(35)30-17-7-11-21-36(30)51)50-45(49-43)52-37-24-22-31-27-14-4-8-18-33(27)46-41(31)39(37)40-38(52)25-23-32-28-15-5-9-19-34(28)47-42(32)40;2*1-2-4-6-5-3-1;/h1-25H;2*1-5H;/q-2;2*-1;+4. The Kier molecular flexibility index (Phi) is 10.7. The molecule has 0 N–H and O–H groups in total. The molecule has 0 aliphatic carbocycles. The van der Waals surface area contributed by atoms with Crippen molar-refractivity contribution in [3.05, 3.63) is 224 Å². The van der Waals surface area contributed by atoms with E-state index in [2.05, 4.69) is 130 Å². The Labute approximate surface area is 407 Å². The van der Waals surface area contributed by atoms with Gasteiger partial charge in [0.15, 0.2) is 5.82 Å². The van der Waals surface area contributed by atoms with Gasteiger partial charge in [0.05, 0.1) is 22.1 Å². The summed E-state index contributed by atoms with van der Waals surface area (Å²) >= 11 is 0. The van der Waals surface area contributed by atoms with Gasteiger partial charge in [-0.05, 0) is 56.6 Å². The molecule has 14 rings (SSSR count). The van der Waals surface area contributed by atoms with Crippen LogP contribution in [-0.2, 0) is 0 Å². The summed E-state index contributed by atoms with van der Waals surface area (Å²) in [6.45, 7) is 0. The van der Waals surface area contributed by atoms with Crippen molar-refractivity contribution in [2.75, 3.05) is 0 Å². The van der Waals surface area contributed by atoms with Crippen LogP contribution in [0.25, 0.3) is 111 Å². The van der Waals surface area contributed by atoms with Crippen molar-refractivity contribution >= 4 is 87.2 Å². The third-order valence-corrected chi connectivity index (χ3v) is 11.7. The average Bonchev–Trinajstić information content (AvgIpc) is 4.13. The third kappa shape index (κ3) is 7.05. The van der Waals surface area contributed by atoms with Gasteiger partial charge in [0.25, 0.3) is 0 Å². The van der Waals surface area contributed by atoms with Crippen LogP contribution in [0.3, 0.4) is 0 Å². The molecule has 0 spiro atoms. The number of fused-ring (bicyclic) bond motifs is 14. The van der Waals surface area contributed by atoms with Crippen molar-refractivity contribution in [1.82, 2.24) is 34.1 Å². The smallest absolute Gasteiger partial charge is 0.656 e. The van der Waals surface area contributed by atoms with Gasteiger partial charge in [-0.1, -0.05) is 127 Å². The topological polar surface area (TPSA) is 76.7 Å². The first kappa shape index (κ1) is 40.3. The number of hydrogen-bond donors (Lipinski definition) is 0. The molecule has 0 bridgehead atoms. The summed E-state index contributed by atoms with van der Waals surface area (Å²) in [5.41, 5.74) is 8.73. The summed E-state index contributed by atoms with van der Waals surface area (Å²) < 4.78 is 4.33. The Balaban J connectivity index is 0.000000316. The molecule has 14 aromatic rings. The van der Waals surface area contributed by atoms with Crippen molar-refractivity contribution < 1.29 is 41.7 Å². The van der Waals surface area contributed by atoms with E-state index < -0.39 is 0 Å². The molecule has 0 fully saturated rings. The summed E-state index contributed by atoms with van der Waals surface area (Å²) in [5, 5.41) is 8.86. The normalized spacial score (nSPS) is 11.3. The summed E-state index contributed by atoms with van der Waals surface area (Å²) in [6.07, 6.45) is 0. The predicted octanol–water partition coefficient (Wildman–Crippen LogP) is 13.2. The van der Waals surface area contributed by atoms with E-state index in [1.54, 1.807) is 0 Å². The molecule has 0 radical (unpaired) electrons. The van der Waals surface area contributed by atoms with E-state index in [1.165, 1.54) is 0 Å². The first-order valence-corrected chi connectivity index (χ1v) is 21.2. The SMILES string of the molecule is [Ce+4].[c-]1ccccc1.[c-]1ccccc1.c1ccc(-c2nc(-n3c4ccccc4c4ccccc43)nc(-n3c4ccc5c6ccccc6[n-]c5c4c4c5[n-]c6ccccc6c5ccc43)n2)cc1. The minimum absolute atomic E-state index is 0. The molecule has 0 amide bonds. The van der Waals surface area contributed by atoms with Crippen molar-refractivity contribution in [1.29, 1.82) is 0 Å². The second-order valence-corrected chi connectivity index (χ2v) is 15.5. The van der Waals surface area contributed by atoms with Gasteiger partial charge in [-0.15, -0.1) is 22.1 Å². The molecule has 0 aliphatic rings. The molecule has 65 heavy (non-hydrogen) atoms. The minimum Gasteiger partial charge on any atom is -0.656 e. The van der Waals surface area contributed by atoms with Crippen LogP contribution in [0, 0.1) is 53.9 Å². The van der Waals surface area contributed by atoms with Gasteiger partial charge in [-0.3, -0.25) is 9.13 Å². The number of benzene rings is 9. The van der Waals surface area contributed by atoms with E-state index >= 15 is 0 Å². The molecule has 0 saturated carbocycles. The first-order chi connectivity index (χ1) is 31.8. The van der Waals surface area contributed by atoms with Gasteiger partial charge < -0.3 is 9.97 Å². The molecular formula is C57H35CeN7. The maximum atomic E-state index is 5.35. The van der Waals surface area contributed by atoms with Crippen molar-refractivity contribution in [3.8, 4) is 23.3 Å². The van der Waals surface area contributed by atoms with E-state index in [9.17, 15) is 0 Å².